The Morgan fingerprint density at radius 2 is 2.05 bits per heavy atom. The Labute approximate surface area is 115 Å². The molecule has 2 aromatic rings. The lowest BCUT2D eigenvalue weighted by Crippen LogP contribution is -2.41. The van der Waals surface area contributed by atoms with E-state index < -0.39 is 10.9 Å². The Bertz CT molecular complexity index is 732. The summed E-state index contributed by atoms with van der Waals surface area (Å²) in [6, 6.07) is 5.59. The van der Waals surface area contributed by atoms with Gasteiger partial charge in [0.05, 0.1) is 12.3 Å². The zero-order chi connectivity index (χ0) is 14.3. The quantitative estimate of drug-likeness (QED) is 0.761. The number of ether oxygens (including phenoxy) is 1. The highest BCUT2D eigenvalue weighted by atomic mass is 16.5. The third-order valence-corrected chi connectivity index (χ3v) is 3.52. The molecule has 20 heavy (non-hydrogen) atoms. The number of hydrogen-bond donors (Lipinski definition) is 2. The fraction of sp³-hybridized carbons (Fsp3) is 0.286. The van der Waals surface area contributed by atoms with Crippen LogP contribution in [0.4, 0.5) is 17.1 Å². The van der Waals surface area contributed by atoms with E-state index in [1.165, 1.54) is 0 Å². The summed E-state index contributed by atoms with van der Waals surface area (Å²) in [7, 11) is 0. The molecule has 4 N–H and O–H groups in total. The van der Waals surface area contributed by atoms with Gasteiger partial charge in [-0.25, -0.2) is 0 Å². The molecule has 1 aliphatic heterocycles. The van der Waals surface area contributed by atoms with Crippen molar-refractivity contribution in [1.29, 1.82) is 0 Å². The van der Waals surface area contributed by atoms with Crippen molar-refractivity contribution >= 4 is 17.1 Å². The summed E-state index contributed by atoms with van der Waals surface area (Å²) < 4.78 is 5.65. The number of rotatable bonds is 2. The maximum absolute atomic E-state index is 11.8. The van der Waals surface area contributed by atoms with Crippen LogP contribution in [0.15, 0.2) is 27.8 Å². The first-order chi connectivity index (χ1) is 9.63. The first-order valence-electron chi connectivity index (χ1n) is 6.45. The van der Waals surface area contributed by atoms with E-state index in [1.807, 2.05) is 18.2 Å². The molecule has 104 valence electrons. The molecule has 0 aromatic heterocycles. The van der Waals surface area contributed by atoms with Gasteiger partial charge in [0.1, 0.15) is 17.1 Å². The topological polar surface area (TPSA) is 98.6 Å². The molecular weight excluding hydrogens is 258 g/mol. The monoisotopic (exact) mass is 273 g/mol. The molecule has 0 radical (unpaired) electrons. The lowest BCUT2D eigenvalue weighted by atomic mass is 10.1. The normalized spacial score (nSPS) is 14.8. The first kappa shape index (κ1) is 12.7. The van der Waals surface area contributed by atoms with E-state index in [9.17, 15) is 9.59 Å². The van der Waals surface area contributed by atoms with Gasteiger partial charge in [-0.3, -0.25) is 9.59 Å². The second-order valence-electron chi connectivity index (χ2n) is 4.78. The van der Waals surface area contributed by atoms with Gasteiger partial charge in [-0.2, -0.15) is 0 Å². The molecule has 6 heteroatoms. The minimum atomic E-state index is -0.610. The van der Waals surface area contributed by atoms with Crippen LogP contribution in [0.25, 0.3) is 0 Å². The third kappa shape index (κ3) is 1.77. The minimum absolute atomic E-state index is 0.0287. The van der Waals surface area contributed by atoms with Gasteiger partial charge in [0, 0.05) is 13.1 Å². The van der Waals surface area contributed by atoms with Crippen molar-refractivity contribution in [3.05, 3.63) is 44.2 Å². The van der Waals surface area contributed by atoms with Gasteiger partial charge in [0.2, 0.25) is 0 Å². The molecular formula is C14H15N3O3. The first-order valence-corrected chi connectivity index (χ1v) is 6.45. The highest BCUT2D eigenvalue weighted by Crippen LogP contribution is 2.37. The van der Waals surface area contributed by atoms with Gasteiger partial charge < -0.3 is 21.1 Å². The lowest BCUT2D eigenvalue weighted by molar-refractivity contribution is 0.322. The van der Waals surface area contributed by atoms with Crippen molar-refractivity contribution in [1.82, 2.24) is 0 Å². The second-order valence-corrected chi connectivity index (χ2v) is 4.78. The molecule has 0 unspecified atom stereocenters. The van der Waals surface area contributed by atoms with Crippen LogP contribution in [0.3, 0.4) is 0 Å². The Balaban J connectivity index is 2.14. The number of nitrogens with zero attached hydrogens (tertiary/aromatic N) is 1. The van der Waals surface area contributed by atoms with E-state index in [4.69, 9.17) is 16.2 Å². The Hall–Kier alpha value is -2.34. The molecule has 0 saturated heterocycles. The standard InChI is InChI=1S/C14H15N3O3/c15-7-8-2-3-10-9(6-8)17(4-1-5-20-10)12-11(16)13(18)14(12)19/h2-3,6H,1,4-5,7,15-16H2. The fourth-order valence-electron chi connectivity index (χ4n) is 2.45. The fourth-order valence-corrected chi connectivity index (χ4v) is 2.45. The molecule has 6 nitrogen and oxygen atoms in total. The number of nitrogen functional groups attached to an aromatic ring is 1. The molecule has 0 spiro atoms. The Kier molecular flexibility index (Phi) is 2.94. The van der Waals surface area contributed by atoms with Gasteiger partial charge >= 0.3 is 0 Å². The highest BCUT2D eigenvalue weighted by molar-refractivity contribution is 5.81. The van der Waals surface area contributed by atoms with Crippen molar-refractivity contribution in [2.75, 3.05) is 23.8 Å². The SMILES string of the molecule is NCc1ccc2c(c1)N(c1c(N)c(=O)c1=O)CCCO2. The van der Waals surface area contributed by atoms with Crippen LogP contribution >= 0.6 is 0 Å². The van der Waals surface area contributed by atoms with E-state index in [-0.39, 0.29) is 11.4 Å². The molecule has 0 atom stereocenters. The van der Waals surface area contributed by atoms with Crippen molar-refractivity contribution in [2.24, 2.45) is 5.73 Å². The van der Waals surface area contributed by atoms with E-state index in [2.05, 4.69) is 0 Å². The van der Waals surface area contributed by atoms with Crippen LogP contribution in [0.5, 0.6) is 5.75 Å². The van der Waals surface area contributed by atoms with Crippen LogP contribution in [0.2, 0.25) is 0 Å². The second kappa shape index (κ2) is 4.64. The van der Waals surface area contributed by atoms with Gasteiger partial charge in [-0.15, -0.1) is 0 Å². The van der Waals surface area contributed by atoms with E-state index >= 15 is 0 Å². The third-order valence-electron chi connectivity index (χ3n) is 3.52. The molecule has 2 aromatic carbocycles. The zero-order valence-electron chi connectivity index (χ0n) is 10.9. The van der Waals surface area contributed by atoms with E-state index in [1.54, 1.807) is 4.90 Å². The highest BCUT2D eigenvalue weighted by Gasteiger charge is 2.28. The predicted octanol–water partition coefficient (Wildman–Crippen LogP) is 0.244. The summed E-state index contributed by atoms with van der Waals surface area (Å²) in [5, 5.41) is 0. The number of nitrogens with two attached hydrogens (primary N) is 2. The summed E-state index contributed by atoms with van der Waals surface area (Å²) in [6.07, 6.45) is 0.741. The molecule has 0 bridgehead atoms. The van der Waals surface area contributed by atoms with Crippen LogP contribution < -0.4 is 32.0 Å². The van der Waals surface area contributed by atoms with Crippen molar-refractivity contribution < 1.29 is 4.74 Å². The Morgan fingerprint density at radius 1 is 1.25 bits per heavy atom. The van der Waals surface area contributed by atoms with E-state index in [0.29, 0.717) is 25.4 Å². The lowest BCUT2D eigenvalue weighted by Gasteiger charge is -2.25. The van der Waals surface area contributed by atoms with Crippen LogP contribution in [0.1, 0.15) is 12.0 Å². The van der Waals surface area contributed by atoms with Gasteiger partial charge in [-0.05, 0) is 24.1 Å². The van der Waals surface area contributed by atoms with Crippen molar-refractivity contribution in [2.45, 2.75) is 13.0 Å². The number of fused-ring (bicyclic) bond motifs is 1. The maximum atomic E-state index is 11.8. The van der Waals surface area contributed by atoms with Crippen molar-refractivity contribution in [3.8, 4) is 5.75 Å². The summed E-state index contributed by atoms with van der Waals surface area (Å²) in [5.74, 6) is 0.673. The van der Waals surface area contributed by atoms with Crippen LogP contribution in [0, 0.1) is 0 Å². The molecule has 1 heterocycles. The molecule has 0 fully saturated rings. The number of hydrogen-bond acceptors (Lipinski definition) is 6. The van der Waals surface area contributed by atoms with Crippen LogP contribution in [-0.2, 0) is 6.54 Å². The average molecular weight is 273 g/mol. The molecule has 3 rings (SSSR count). The average Bonchev–Trinajstić information content (AvgIpc) is 2.69. The summed E-state index contributed by atoms with van der Waals surface area (Å²) in [5.41, 5.74) is 12.1. The van der Waals surface area contributed by atoms with Gasteiger partial charge in [-0.1, -0.05) is 6.07 Å². The smallest absolute Gasteiger partial charge is 0.253 e. The molecule has 0 aliphatic carbocycles. The number of benzene rings is 1. The molecule has 0 amide bonds. The van der Waals surface area contributed by atoms with Gasteiger partial charge in [0.15, 0.2) is 0 Å². The molecule has 0 saturated carbocycles. The number of anilines is 3. The summed E-state index contributed by atoms with van der Waals surface area (Å²) >= 11 is 0. The van der Waals surface area contributed by atoms with Crippen LogP contribution in [-0.4, -0.2) is 13.2 Å². The Morgan fingerprint density at radius 3 is 2.75 bits per heavy atom. The van der Waals surface area contributed by atoms with Crippen molar-refractivity contribution in [3.63, 3.8) is 0 Å². The summed E-state index contributed by atoms with van der Waals surface area (Å²) in [4.78, 5) is 24.8. The minimum Gasteiger partial charge on any atom is -0.491 e. The van der Waals surface area contributed by atoms with E-state index in [0.717, 1.165) is 17.7 Å². The largest absolute Gasteiger partial charge is 0.491 e. The predicted molar refractivity (Wildman–Crippen MR) is 77.2 cm³/mol. The van der Waals surface area contributed by atoms with Gasteiger partial charge in [0.25, 0.3) is 10.9 Å². The maximum Gasteiger partial charge on any atom is 0.253 e. The zero-order valence-corrected chi connectivity index (χ0v) is 10.9. The molecule has 1 aliphatic rings. The summed E-state index contributed by atoms with van der Waals surface area (Å²) in [6.45, 7) is 1.53.